The Balaban J connectivity index is 1.45. The summed E-state index contributed by atoms with van der Waals surface area (Å²) in [7, 11) is 1.77. The maximum absolute atomic E-state index is 12.8. The number of anilines is 1. The number of fused-ring (bicyclic) bond motifs is 1. The second-order valence-electron chi connectivity index (χ2n) is 6.77. The van der Waals surface area contributed by atoms with E-state index >= 15 is 0 Å². The average Bonchev–Trinajstić information content (AvgIpc) is 2.74. The first-order valence-electron chi connectivity index (χ1n) is 9.07. The van der Waals surface area contributed by atoms with Gasteiger partial charge in [-0.25, -0.2) is 0 Å². The van der Waals surface area contributed by atoms with E-state index in [2.05, 4.69) is 29.6 Å². The van der Waals surface area contributed by atoms with Gasteiger partial charge < -0.3 is 15.0 Å². The van der Waals surface area contributed by atoms with Crippen molar-refractivity contribution in [2.24, 2.45) is 0 Å². The highest BCUT2D eigenvalue weighted by Crippen LogP contribution is 2.29. The van der Waals surface area contributed by atoms with Crippen molar-refractivity contribution < 1.29 is 14.3 Å². The highest BCUT2D eigenvalue weighted by Gasteiger charge is 2.19. The Morgan fingerprint density at radius 2 is 1.71 bits per heavy atom. The highest BCUT2D eigenvalue weighted by molar-refractivity contribution is 5.98. The molecule has 0 atom stereocenters. The number of hydrogen-bond donors (Lipinski definition) is 1. The fraction of sp³-hybridized carbons (Fsp3) is 0.130. The minimum Gasteiger partial charge on any atom is -0.482 e. The van der Waals surface area contributed by atoms with Gasteiger partial charge in [-0.1, -0.05) is 54.6 Å². The summed E-state index contributed by atoms with van der Waals surface area (Å²) in [6.07, 6.45) is 0. The molecular formula is C23H20N2O3. The first-order chi connectivity index (χ1) is 13.6. The van der Waals surface area contributed by atoms with Crippen LogP contribution in [-0.4, -0.2) is 30.4 Å². The summed E-state index contributed by atoms with van der Waals surface area (Å²) in [5, 5.41) is 2.72. The number of hydrogen-bond acceptors (Lipinski definition) is 3. The molecule has 1 heterocycles. The maximum Gasteiger partial charge on any atom is 0.262 e. The Bertz CT molecular complexity index is 1010. The molecule has 2 amide bonds. The number of carbonyl (C=O) groups is 2. The lowest BCUT2D eigenvalue weighted by atomic mass is 10.0. The number of rotatable bonds is 4. The Labute approximate surface area is 163 Å². The lowest BCUT2D eigenvalue weighted by Gasteiger charge is -2.21. The molecule has 0 saturated carbocycles. The van der Waals surface area contributed by atoms with Crippen LogP contribution in [0.15, 0.2) is 72.8 Å². The van der Waals surface area contributed by atoms with Crippen LogP contribution in [0.3, 0.4) is 0 Å². The van der Waals surface area contributed by atoms with Crippen LogP contribution in [0, 0.1) is 0 Å². The number of amides is 2. The third kappa shape index (κ3) is 3.74. The first kappa shape index (κ1) is 17.8. The number of ether oxygens (including phenoxy) is 1. The van der Waals surface area contributed by atoms with E-state index in [4.69, 9.17) is 4.74 Å². The summed E-state index contributed by atoms with van der Waals surface area (Å²) < 4.78 is 5.40. The van der Waals surface area contributed by atoms with E-state index in [0.717, 1.165) is 11.1 Å². The quantitative estimate of drug-likeness (QED) is 0.754. The molecule has 140 valence electrons. The average molecular weight is 372 g/mol. The van der Waals surface area contributed by atoms with Gasteiger partial charge >= 0.3 is 0 Å². The molecule has 1 aliphatic rings. The van der Waals surface area contributed by atoms with E-state index in [1.807, 2.05) is 30.3 Å². The van der Waals surface area contributed by atoms with Gasteiger partial charge in [-0.05, 0) is 34.9 Å². The SMILES string of the molecule is CN(Cc1ccc(-c2ccccc2)cc1)C(=O)c1ccc2c(c1)OCC(=O)N2. The molecule has 4 rings (SSSR count). The van der Waals surface area contributed by atoms with Crippen molar-refractivity contribution >= 4 is 17.5 Å². The van der Waals surface area contributed by atoms with E-state index in [-0.39, 0.29) is 18.4 Å². The summed E-state index contributed by atoms with van der Waals surface area (Å²) in [5.74, 6) is 0.226. The van der Waals surface area contributed by atoms with Gasteiger partial charge in [0.05, 0.1) is 5.69 Å². The molecule has 0 unspecified atom stereocenters. The number of nitrogens with zero attached hydrogens (tertiary/aromatic N) is 1. The maximum atomic E-state index is 12.8. The standard InChI is InChI=1S/C23H20N2O3/c1-25(14-16-7-9-18(10-8-16)17-5-3-2-4-6-17)23(27)19-11-12-20-21(13-19)28-15-22(26)24-20/h2-13H,14-15H2,1H3,(H,24,26). The van der Waals surface area contributed by atoms with Gasteiger partial charge in [0.25, 0.3) is 11.8 Å². The van der Waals surface area contributed by atoms with E-state index < -0.39 is 0 Å². The Kier molecular flexibility index (Phi) is 4.81. The van der Waals surface area contributed by atoms with Gasteiger partial charge in [-0.3, -0.25) is 9.59 Å². The van der Waals surface area contributed by atoms with Crippen LogP contribution in [0.2, 0.25) is 0 Å². The van der Waals surface area contributed by atoms with Gasteiger partial charge in [0, 0.05) is 19.2 Å². The summed E-state index contributed by atoms with van der Waals surface area (Å²) in [5.41, 5.74) is 4.48. The Morgan fingerprint density at radius 1 is 1.00 bits per heavy atom. The number of carbonyl (C=O) groups excluding carboxylic acids is 2. The topological polar surface area (TPSA) is 58.6 Å². The monoisotopic (exact) mass is 372 g/mol. The molecule has 5 heteroatoms. The molecule has 0 spiro atoms. The molecule has 1 N–H and O–H groups in total. The van der Waals surface area contributed by atoms with E-state index in [0.29, 0.717) is 23.5 Å². The summed E-state index contributed by atoms with van der Waals surface area (Å²) in [6.45, 7) is 0.469. The van der Waals surface area contributed by atoms with Crippen molar-refractivity contribution in [1.82, 2.24) is 4.90 Å². The van der Waals surface area contributed by atoms with Gasteiger partial charge in [-0.15, -0.1) is 0 Å². The molecule has 28 heavy (non-hydrogen) atoms. The zero-order chi connectivity index (χ0) is 19.5. The molecule has 0 radical (unpaired) electrons. The van der Waals surface area contributed by atoms with Crippen LogP contribution in [0.25, 0.3) is 11.1 Å². The van der Waals surface area contributed by atoms with Crippen molar-refractivity contribution in [3.05, 3.63) is 83.9 Å². The molecule has 0 bridgehead atoms. The van der Waals surface area contributed by atoms with Crippen LogP contribution in [0.5, 0.6) is 5.75 Å². The van der Waals surface area contributed by atoms with Gasteiger partial charge in [-0.2, -0.15) is 0 Å². The predicted molar refractivity (Wildman–Crippen MR) is 108 cm³/mol. The zero-order valence-electron chi connectivity index (χ0n) is 15.5. The summed E-state index contributed by atoms with van der Waals surface area (Å²) >= 11 is 0. The van der Waals surface area contributed by atoms with Crippen LogP contribution in [-0.2, 0) is 11.3 Å². The molecule has 0 fully saturated rings. The Hall–Kier alpha value is -3.60. The first-order valence-corrected chi connectivity index (χ1v) is 9.07. The number of nitrogens with one attached hydrogen (secondary N) is 1. The molecule has 0 aromatic heterocycles. The van der Waals surface area contributed by atoms with Crippen molar-refractivity contribution in [2.75, 3.05) is 19.0 Å². The summed E-state index contributed by atoms with van der Waals surface area (Å²) in [6, 6.07) is 23.5. The molecule has 1 aliphatic heterocycles. The minimum atomic E-state index is -0.192. The third-order valence-electron chi connectivity index (χ3n) is 4.69. The minimum absolute atomic E-state index is 0.0335. The molecule has 3 aromatic rings. The van der Waals surface area contributed by atoms with Crippen molar-refractivity contribution in [2.45, 2.75) is 6.54 Å². The lowest BCUT2D eigenvalue weighted by Crippen LogP contribution is -2.28. The van der Waals surface area contributed by atoms with E-state index in [1.165, 1.54) is 5.56 Å². The van der Waals surface area contributed by atoms with Crippen molar-refractivity contribution in [3.8, 4) is 16.9 Å². The van der Waals surface area contributed by atoms with Crippen LogP contribution >= 0.6 is 0 Å². The molecular weight excluding hydrogens is 352 g/mol. The largest absolute Gasteiger partial charge is 0.482 e. The van der Waals surface area contributed by atoms with E-state index in [9.17, 15) is 9.59 Å². The predicted octanol–water partition coefficient (Wildman–Crippen LogP) is 3.96. The molecule has 0 aliphatic carbocycles. The fourth-order valence-electron chi connectivity index (χ4n) is 3.21. The Morgan fingerprint density at radius 3 is 2.46 bits per heavy atom. The molecule has 0 saturated heterocycles. The van der Waals surface area contributed by atoms with Gasteiger partial charge in [0.2, 0.25) is 0 Å². The third-order valence-corrected chi connectivity index (χ3v) is 4.69. The van der Waals surface area contributed by atoms with Crippen LogP contribution < -0.4 is 10.1 Å². The fourth-order valence-corrected chi connectivity index (χ4v) is 3.21. The summed E-state index contributed by atoms with van der Waals surface area (Å²) in [4.78, 5) is 25.8. The van der Waals surface area contributed by atoms with Gasteiger partial charge in [0.1, 0.15) is 5.75 Å². The molecule has 3 aromatic carbocycles. The van der Waals surface area contributed by atoms with E-state index in [1.54, 1.807) is 30.1 Å². The zero-order valence-corrected chi connectivity index (χ0v) is 15.5. The normalized spacial score (nSPS) is 12.5. The lowest BCUT2D eigenvalue weighted by molar-refractivity contribution is -0.118. The van der Waals surface area contributed by atoms with Crippen molar-refractivity contribution in [3.63, 3.8) is 0 Å². The highest BCUT2D eigenvalue weighted by atomic mass is 16.5. The van der Waals surface area contributed by atoms with Gasteiger partial charge in [0.15, 0.2) is 6.61 Å². The second-order valence-corrected chi connectivity index (χ2v) is 6.77. The second kappa shape index (κ2) is 7.56. The van der Waals surface area contributed by atoms with Crippen LogP contribution in [0.1, 0.15) is 15.9 Å². The number of benzene rings is 3. The molecule has 5 nitrogen and oxygen atoms in total. The van der Waals surface area contributed by atoms with Crippen LogP contribution in [0.4, 0.5) is 5.69 Å². The van der Waals surface area contributed by atoms with Crippen molar-refractivity contribution in [1.29, 1.82) is 0 Å². The smallest absolute Gasteiger partial charge is 0.262 e.